The molecule has 3 aromatic rings. The van der Waals surface area contributed by atoms with Gasteiger partial charge in [-0.25, -0.2) is 0 Å². The standard InChI is InChI=1S/C24H21N3O5/c1-2-32-20-14-10-18(11-15-20)25-24(29)21-5-3-4-6-22(21)26-23(28)16-9-17-7-12-19(13-8-17)27(30)31/h3-16H,2H2,1H3,(H,25,29)(H,26,28)/b16-9+. The van der Waals surface area contributed by atoms with Gasteiger partial charge < -0.3 is 15.4 Å². The van der Waals surface area contributed by atoms with Crippen LogP contribution < -0.4 is 15.4 Å². The van der Waals surface area contributed by atoms with E-state index in [1.165, 1.54) is 24.3 Å². The van der Waals surface area contributed by atoms with Crippen LogP contribution >= 0.6 is 0 Å². The van der Waals surface area contributed by atoms with E-state index in [1.807, 2.05) is 6.92 Å². The number of carbonyl (C=O) groups excluding carboxylic acids is 2. The molecule has 3 rings (SSSR count). The van der Waals surface area contributed by atoms with Crippen molar-refractivity contribution in [2.75, 3.05) is 17.2 Å². The lowest BCUT2D eigenvalue weighted by atomic mass is 10.1. The highest BCUT2D eigenvalue weighted by molar-refractivity contribution is 6.11. The predicted molar refractivity (Wildman–Crippen MR) is 123 cm³/mol. The van der Waals surface area contributed by atoms with Crippen molar-refractivity contribution in [2.24, 2.45) is 0 Å². The number of nitro groups is 1. The topological polar surface area (TPSA) is 111 Å². The van der Waals surface area contributed by atoms with Crippen LogP contribution in [0, 0.1) is 10.1 Å². The van der Waals surface area contributed by atoms with Crippen molar-refractivity contribution in [2.45, 2.75) is 6.92 Å². The Morgan fingerprint density at radius 2 is 1.66 bits per heavy atom. The number of nitrogens with zero attached hydrogens (tertiary/aromatic N) is 1. The molecule has 0 radical (unpaired) electrons. The van der Waals surface area contributed by atoms with E-state index < -0.39 is 10.8 Å². The third-order valence-electron chi connectivity index (χ3n) is 4.38. The van der Waals surface area contributed by atoms with Crippen molar-refractivity contribution in [1.82, 2.24) is 0 Å². The molecule has 0 heterocycles. The molecule has 162 valence electrons. The molecule has 0 saturated carbocycles. The zero-order valence-corrected chi connectivity index (χ0v) is 17.3. The van der Waals surface area contributed by atoms with Crippen LogP contribution in [0.2, 0.25) is 0 Å². The molecule has 32 heavy (non-hydrogen) atoms. The second-order valence-electron chi connectivity index (χ2n) is 6.63. The molecule has 0 aliphatic rings. The molecule has 0 bridgehead atoms. The normalized spacial score (nSPS) is 10.5. The van der Waals surface area contributed by atoms with Gasteiger partial charge in [-0.05, 0) is 67.1 Å². The Morgan fingerprint density at radius 3 is 2.31 bits per heavy atom. The van der Waals surface area contributed by atoms with Gasteiger partial charge in [-0.1, -0.05) is 12.1 Å². The Morgan fingerprint density at radius 1 is 0.969 bits per heavy atom. The van der Waals surface area contributed by atoms with E-state index in [0.29, 0.717) is 34.9 Å². The SMILES string of the molecule is CCOc1ccc(NC(=O)c2ccccc2NC(=O)/C=C/c2ccc([N+](=O)[O-])cc2)cc1. The predicted octanol–water partition coefficient (Wildman–Crippen LogP) is 4.90. The minimum atomic E-state index is -0.491. The fraction of sp³-hybridized carbons (Fsp3) is 0.0833. The Kier molecular flexibility index (Phi) is 7.32. The van der Waals surface area contributed by atoms with Crippen molar-refractivity contribution < 1.29 is 19.2 Å². The minimum absolute atomic E-state index is 0.0286. The van der Waals surface area contributed by atoms with Crippen LogP contribution in [0.4, 0.5) is 17.1 Å². The van der Waals surface area contributed by atoms with Gasteiger partial charge in [0, 0.05) is 23.9 Å². The number of para-hydroxylation sites is 1. The van der Waals surface area contributed by atoms with Crippen LogP contribution in [-0.2, 0) is 4.79 Å². The molecule has 8 nitrogen and oxygen atoms in total. The van der Waals surface area contributed by atoms with Crippen LogP contribution in [0.25, 0.3) is 6.08 Å². The molecule has 0 aromatic heterocycles. The fourth-order valence-corrected chi connectivity index (χ4v) is 2.84. The number of hydrogen-bond acceptors (Lipinski definition) is 5. The number of hydrogen-bond donors (Lipinski definition) is 2. The average Bonchev–Trinajstić information content (AvgIpc) is 2.80. The Hall–Kier alpha value is -4.46. The van der Waals surface area contributed by atoms with Gasteiger partial charge >= 0.3 is 0 Å². The van der Waals surface area contributed by atoms with Gasteiger partial charge in [-0.3, -0.25) is 19.7 Å². The highest BCUT2D eigenvalue weighted by atomic mass is 16.6. The Labute approximate surface area is 184 Å². The molecule has 3 aromatic carbocycles. The molecule has 0 atom stereocenters. The summed E-state index contributed by atoms with van der Waals surface area (Å²) in [6.07, 6.45) is 2.82. The maximum Gasteiger partial charge on any atom is 0.269 e. The number of non-ortho nitro benzene ring substituents is 1. The van der Waals surface area contributed by atoms with Crippen molar-refractivity contribution >= 4 is 35.0 Å². The lowest BCUT2D eigenvalue weighted by Gasteiger charge is -2.11. The molecule has 0 fully saturated rings. The highest BCUT2D eigenvalue weighted by Gasteiger charge is 2.13. The second-order valence-corrected chi connectivity index (χ2v) is 6.63. The summed E-state index contributed by atoms with van der Waals surface area (Å²) in [7, 11) is 0. The zero-order valence-electron chi connectivity index (χ0n) is 17.3. The lowest BCUT2D eigenvalue weighted by molar-refractivity contribution is -0.384. The van der Waals surface area contributed by atoms with Gasteiger partial charge in [0.05, 0.1) is 22.8 Å². The molecule has 2 amide bonds. The van der Waals surface area contributed by atoms with Crippen LogP contribution in [0.5, 0.6) is 5.75 Å². The Bertz CT molecular complexity index is 1140. The largest absolute Gasteiger partial charge is 0.494 e. The maximum atomic E-state index is 12.7. The first-order valence-corrected chi connectivity index (χ1v) is 9.83. The van der Waals surface area contributed by atoms with Gasteiger partial charge in [-0.2, -0.15) is 0 Å². The monoisotopic (exact) mass is 431 g/mol. The average molecular weight is 431 g/mol. The van der Waals surface area contributed by atoms with Gasteiger partial charge in [0.15, 0.2) is 0 Å². The second kappa shape index (κ2) is 10.5. The van der Waals surface area contributed by atoms with Gasteiger partial charge in [0.25, 0.3) is 11.6 Å². The van der Waals surface area contributed by atoms with E-state index in [-0.39, 0.29) is 11.6 Å². The molecule has 0 aliphatic heterocycles. The number of carbonyl (C=O) groups is 2. The lowest BCUT2D eigenvalue weighted by Crippen LogP contribution is -2.17. The third kappa shape index (κ3) is 6.02. The highest BCUT2D eigenvalue weighted by Crippen LogP contribution is 2.20. The Balaban J connectivity index is 1.66. The smallest absolute Gasteiger partial charge is 0.269 e. The van der Waals surface area contributed by atoms with E-state index in [0.717, 1.165) is 0 Å². The van der Waals surface area contributed by atoms with Crippen LogP contribution in [0.3, 0.4) is 0 Å². The fourth-order valence-electron chi connectivity index (χ4n) is 2.84. The molecule has 0 saturated heterocycles. The zero-order chi connectivity index (χ0) is 22.9. The minimum Gasteiger partial charge on any atom is -0.494 e. The maximum absolute atomic E-state index is 12.7. The molecule has 2 N–H and O–H groups in total. The van der Waals surface area contributed by atoms with E-state index in [9.17, 15) is 19.7 Å². The summed E-state index contributed by atoms with van der Waals surface area (Å²) >= 11 is 0. The van der Waals surface area contributed by atoms with Gasteiger partial charge in [-0.15, -0.1) is 0 Å². The summed E-state index contributed by atoms with van der Waals surface area (Å²) in [5.74, 6) is -0.105. The first-order chi connectivity index (χ1) is 15.5. The van der Waals surface area contributed by atoms with Crippen molar-refractivity contribution in [3.63, 3.8) is 0 Å². The summed E-state index contributed by atoms with van der Waals surface area (Å²) in [5, 5.41) is 16.2. The number of amides is 2. The first-order valence-electron chi connectivity index (χ1n) is 9.83. The molecule has 8 heteroatoms. The summed E-state index contributed by atoms with van der Waals surface area (Å²) in [5.41, 5.74) is 1.86. The number of ether oxygens (including phenoxy) is 1. The third-order valence-corrected chi connectivity index (χ3v) is 4.38. The van der Waals surface area contributed by atoms with Crippen molar-refractivity contribution in [3.05, 3.63) is 100 Å². The van der Waals surface area contributed by atoms with Crippen molar-refractivity contribution in [1.29, 1.82) is 0 Å². The molecular weight excluding hydrogens is 410 g/mol. The molecule has 0 aliphatic carbocycles. The summed E-state index contributed by atoms with van der Waals surface area (Å²) in [6.45, 7) is 2.44. The number of rotatable bonds is 8. The number of anilines is 2. The van der Waals surface area contributed by atoms with Crippen LogP contribution in [-0.4, -0.2) is 23.3 Å². The van der Waals surface area contributed by atoms with E-state index in [4.69, 9.17) is 4.74 Å². The first kappa shape index (κ1) is 22.2. The van der Waals surface area contributed by atoms with E-state index in [2.05, 4.69) is 10.6 Å². The van der Waals surface area contributed by atoms with Crippen molar-refractivity contribution in [3.8, 4) is 5.75 Å². The van der Waals surface area contributed by atoms with Crippen LogP contribution in [0.1, 0.15) is 22.8 Å². The molecule has 0 unspecified atom stereocenters. The quantitative estimate of drug-likeness (QED) is 0.299. The summed E-state index contributed by atoms with van der Waals surface area (Å²) in [4.78, 5) is 35.3. The number of benzene rings is 3. The molecular formula is C24H21N3O5. The number of nitrogens with one attached hydrogen (secondary N) is 2. The van der Waals surface area contributed by atoms with Gasteiger partial charge in [0.2, 0.25) is 5.91 Å². The van der Waals surface area contributed by atoms with E-state index >= 15 is 0 Å². The molecule has 0 spiro atoms. The summed E-state index contributed by atoms with van der Waals surface area (Å²) < 4.78 is 5.39. The van der Waals surface area contributed by atoms with Crippen LogP contribution in [0.15, 0.2) is 78.9 Å². The number of nitro benzene ring substituents is 1. The summed E-state index contributed by atoms with van der Waals surface area (Å²) in [6, 6.07) is 19.4. The van der Waals surface area contributed by atoms with E-state index in [1.54, 1.807) is 60.7 Å². The van der Waals surface area contributed by atoms with Gasteiger partial charge in [0.1, 0.15) is 5.75 Å².